The summed E-state index contributed by atoms with van der Waals surface area (Å²) in [5.74, 6) is -0.824. The first-order valence-corrected chi connectivity index (χ1v) is 5.21. The van der Waals surface area contributed by atoms with Crippen LogP contribution in [-0.4, -0.2) is 16.2 Å². The Kier molecular flexibility index (Phi) is 3.14. The number of carboxylic acid groups (broad SMARTS) is 1. The standard InChI is InChI=1S/C13H12O4/c14-10-5-3-9(4-6-10)12(13(15)16)8-11-2-1-7-17-11/h1-7,12,14H,8H2,(H,15,16). The molecular weight excluding hydrogens is 220 g/mol. The number of carbonyl (C=O) groups is 1. The van der Waals surface area contributed by atoms with Gasteiger partial charge in [-0.3, -0.25) is 4.79 Å². The molecule has 4 nitrogen and oxygen atoms in total. The minimum absolute atomic E-state index is 0.121. The summed E-state index contributed by atoms with van der Waals surface area (Å²) in [6.07, 6.45) is 1.82. The van der Waals surface area contributed by atoms with Crippen LogP contribution in [0.5, 0.6) is 5.75 Å². The molecule has 2 rings (SSSR count). The van der Waals surface area contributed by atoms with Crippen LogP contribution in [0.4, 0.5) is 0 Å². The number of aliphatic carboxylic acids is 1. The lowest BCUT2D eigenvalue weighted by molar-refractivity contribution is -0.138. The smallest absolute Gasteiger partial charge is 0.311 e. The summed E-state index contributed by atoms with van der Waals surface area (Å²) in [5.41, 5.74) is 0.645. The normalized spacial score (nSPS) is 12.2. The van der Waals surface area contributed by atoms with Gasteiger partial charge in [0.1, 0.15) is 11.5 Å². The minimum atomic E-state index is -0.910. The average molecular weight is 232 g/mol. The lowest BCUT2D eigenvalue weighted by Gasteiger charge is -2.11. The Hall–Kier alpha value is -2.23. The van der Waals surface area contributed by atoms with Gasteiger partial charge in [-0.15, -0.1) is 0 Å². The van der Waals surface area contributed by atoms with Crippen LogP contribution in [0.1, 0.15) is 17.2 Å². The van der Waals surface area contributed by atoms with E-state index in [1.807, 2.05) is 0 Å². The number of phenols is 1. The summed E-state index contributed by atoms with van der Waals surface area (Å²) in [6, 6.07) is 9.65. The summed E-state index contributed by atoms with van der Waals surface area (Å²) in [4.78, 5) is 11.2. The molecule has 0 saturated heterocycles. The summed E-state index contributed by atoms with van der Waals surface area (Å²) in [6.45, 7) is 0. The van der Waals surface area contributed by atoms with Crippen LogP contribution in [0, 0.1) is 0 Å². The molecule has 88 valence electrons. The Bertz CT molecular complexity index is 485. The molecule has 1 unspecified atom stereocenters. The molecule has 2 N–H and O–H groups in total. The highest BCUT2D eigenvalue weighted by atomic mass is 16.4. The highest BCUT2D eigenvalue weighted by Gasteiger charge is 2.21. The van der Waals surface area contributed by atoms with Gasteiger partial charge in [0.05, 0.1) is 12.2 Å². The first kappa shape index (κ1) is 11.3. The number of rotatable bonds is 4. The van der Waals surface area contributed by atoms with Crippen LogP contribution in [0.25, 0.3) is 0 Å². The van der Waals surface area contributed by atoms with E-state index in [0.29, 0.717) is 17.7 Å². The molecule has 0 spiro atoms. The zero-order valence-corrected chi connectivity index (χ0v) is 9.04. The molecule has 2 aromatic rings. The van der Waals surface area contributed by atoms with Gasteiger partial charge in [-0.2, -0.15) is 0 Å². The molecule has 0 radical (unpaired) electrons. The van der Waals surface area contributed by atoms with E-state index in [9.17, 15) is 9.90 Å². The van der Waals surface area contributed by atoms with Crippen molar-refractivity contribution in [1.29, 1.82) is 0 Å². The van der Waals surface area contributed by atoms with E-state index in [4.69, 9.17) is 9.52 Å². The van der Waals surface area contributed by atoms with Crippen LogP contribution in [0.3, 0.4) is 0 Å². The first-order valence-electron chi connectivity index (χ1n) is 5.21. The van der Waals surface area contributed by atoms with Gasteiger partial charge in [-0.25, -0.2) is 0 Å². The van der Waals surface area contributed by atoms with Crippen molar-refractivity contribution in [3.8, 4) is 5.75 Å². The summed E-state index contributed by atoms with van der Waals surface area (Å²) < 4.78 is 5.15. The van der Waals surface area contributed by atoms with E-state index in [1.165, 1.54) is 18.4 Å². The third-order valence-electron chi connectivity index (χ3n) is 2.58. The fraction of sp³-hybridized carbons (Fsp3) is 0.154. The number of benzene rings is 1. The number of aromatic hydroxyl groups is 1. The molecule has 1 aromatic heterocycles. The van der Waals surface area contributed by atoms with Crippen molar-refractivity contribution in [2.24, 2.45) is 0 Å². The summed E-state index contributed by atoms with van der Waals surface area (Å²) in [5, 5.41) is 18.4. The predicted molar refractivity (Wildman–Crippen MR) is 60.9 cm³/mol. The molecule has 0 aliphatic carbocycles. The molecule has 0 saturated carbocycles. The number of carboxylic acids is 1. The maximum Gasteiger partial charge on any atom is 0.311 e. The largest absolute Gasteiger partial charge is 0.508 e. The third kappa shape index (κ3) is 2.66. The van der Waals surface area contributed by atoms with E-state index in [-0.39, 0.29) is 5.75 Å². The molecule has 1 aromatic carbocycles. The molecule has 17 heavy (non-hydrogen) atoms. The van der Waals surface area contributed by atoms with Crippen molar-refractivity contribution in [2.45, 2.75) is 12.3 Å². The zero-order valence-electron chi connectivity index (χ0n) is 9.04. The predicted octanol–water partition coefficient (Wildman–Crippen LogP) is 2.40. The van der Waals surface area contributed by atoms with Gasteiger partial charge < -0.3 is 14.6 Å². The Morgan fingerprint density at radius 2 is 1.94 bits per heavy atom. The average Bonchev–Trinajstić information content (AvgIpc) is 2.80. The number of hydrogen-bond donors (Lipinski definition) is 2. The maximum atomic E-state index is 11.2. The molecule has 4 heteroatoms. The third-order valence-corrected chi connectivity index (χ3v) is 2.58. The topological polar surface area (TPSA) is 70.7 Å². The SMILES string of the molecule is O=C(O)C(Cc1ccco1)c1ccc(O)cc1. The zero-order chi connectivity index (χ0) is 12.3. The van der Waals surface area contributed by atoms with Crippen molar-refractivity contribution in [3.63, 3.8) is 0 Å². The molecule has 0 amide bonds. The van der Waals surface area contributed by atoms with E-state index in [0.717, 1.165) is 0 Å². The Balaban J connectivity index is 2.23. The molecule has 0 aliphatic heterocycles. The second-order valence-electron chi connectivity index (χ2n) is 3.77. The fourth-order valence-corrected chi connectivity index (χ4v) is 1.68. The number of phenolic OH excluding ortho intramolecular Hbond substituents is 1. The molecular formula is C13H12O4. The molecule has 1 heterocycles. The van der Waals surface area contributed by atoms with Gasteiger partial charge in [0.25, 0.3) is 0 Å². The number of hydrogen-bond acceptors (Lipinski definition) is 3. The van der Waals surface area contributed by atoms with Crippen LogP contribution in [0.15, 0.2) is 47.1 Å². The van der Waals surface area contributed by atoms with E-state index >= 15 is 0 Å². The van der Waals surface area contributed by atoms with Crippen LogP contribution < -0.4 is 0 Å². The quantitative estimate of drug-likeness (QED) is 0.849. The van der Waals surface area contributed by atoms with Crippen molar-refractivity contribution < 1.29 is 19.4 Å². The molecule has 1 atom stereocenters. The Morgan fingerprint density at radius 3 is 2.47 bits per heavy atom. The van der Waals surface area contributed by atoms with Crippen molar-refractivity contribution in [2.75, 3.05) is 0 Å². The van der Waals surface area contributed by atoms with Gasteiger partial charge in [0, 0.05) is 6.42 Å². The fourth-order valence-electron chi connectivity index (χ4n) is 1.68. The van der Waals surface area contributed by atoms with E-state index < -0.39 is 11.9 Å². The van der Waals surface area contributed by atoms with Gasteiger partial charge in [-0.05, 0) is 29.8 Å². The minimum Gasteiger partial charge on any atom is -0.508 e. The van der Waals surface area contributed by atoms with Gasteiger partial charge >= 0.3 is 5.97 Å². The second kappa shape index (κ2) is 4.74. The summed E-state index contributed by atoms with van der Waals surface area (Å²) in [7, 11) is 0. The molecule has 0 aliphatic rings. The highest BCUT2D eigenvalue weighted by molar-refractivity contribution is 5.76. The van der Waals surface area contributed by atoms with E-state index in [1.54, 1.807) is 24.3 Å². The summed E-state index contributed by atoms with van der Waals surface area (Å²) >= 11 is 0. The van der Waals surface area contributed by atoms with Crippen LogP contribution in [0.2, 0.25) is 0 Å². The number of furan rings is 1. The van der Waals surface area contributed by atoms with Gasteiger partial charge in [0.2, 0.25) is 0 Å². The Morgan fingerprint density at radius 1 is 1.24 bits per heavy atom. The van der Waals surface area contributed by atoms with Gasteiger partial charge in [0.15, 0.2) is 0 Å². The molecule has 0 bridgehead atoms. The lowest BCUT2D eigenvalue weighted by Crippen LogP contribution is -2.14. The molecule has 0 fully saturated rings. The van der Waals surface area contributed by atoms with Crippen molar-refractivity contribution >= 4 is 5.97 Å². The monoisotopic (exact) mass is 232 g/mol. The maximum absolute atomic E-state index is 11.2. The van der Waals surface area contributed by atoms with Crippen molar-refractivity contribution in [1.82, 2.24) is 0 Å². The van der Waals surface area contributed by atoms with Crippen molar-refractivity contribution in [3.05, 3.63) is 54.0 Å². The highest BCUT2D eigenvalue weighted by Crippen LogP contribution is 2.23. The second-order valence-corrected chi connectivity index (χ2v) is 3.77. The van der Waals surface area contributed by atoms with Gasteiger partial charge in [-0.1, -0.05) is 12.1 Å². The Labute approximate surface area is 98.1 Å². The first-order chi connectivity index (χ1) is 8.16. The van der Waals surface area contributed by atoms with Crippen LogP contribution in [-0.2, 0) is 11.2 Å². The van der Waals surface area contributed by atoms with E-state index in [2.05, 4.69) is 0 Å². The van der Waals surface area contributed by atoms with Crippen LogP contribution >= 0.6 is 0 Å². The lowest BCUT2D eigenvalue weighted by atomic mass is 9.95.